The summed E-state index contributed by atoms with van der Waals surface area (Å²) in [5.74, 6) is 6.25. The van der Waals surface area contributed by atoms with Crippen LogP contribution >= 0.6 is 11.3 Å². The van der Waals surface area contributed by atoms with Gasteiger partial charge < -0.3 is 5.11 Å². The second kappa shape index (κ2) is 7.78. The number of hydrogen-bond donors (Lipinski definition) is 2. The van der Waals surface area contributed by atoms with Crippen molar-refractivity contribution in [3.63, 3.8) is 0 Å². The lowest BCUT2D eigenvalue weighted by atomic mass is 9.92. The highest BCUT2D eigenvalue weighted by Gasteiger charge is 2.24. The van der Waals surface area contributed by atoms with E-state index in [0.717, 1.165) is 31.6 Å². The van der Waals surface area contributed by atoms with Gasteiger partial charge in [0.25, 0.3) is 0 Å². The Bertz CT molecular complexity index is 694. The highest BCUT2D eigenvalue weighted by molar-refractivity contribution is 7.10. The molecule has 1 atom stereocenters. The van der Waals surface area contributed by atoms with Crippen molar-refractivity contribution in [1.29, 1.82) is 0 Å². The van der Waals surface area contributed by atoms with E-state index in [0.29, 0.717) is 5.92 Å². The van der Waals surface area contributed by atoms with E-state index in [4.69, 9.17) is 5.11 Å². The number of piperidine rings is 1. The molecule has 3 rings (SSSR count). The van der Waals surface area contributed by atoms with E-state index in [-0.39, 0.29) is 6.61 Å². The van der Waals surface area contributed by atoms with Gasteiger partial charge in [-0.1, -0.05) is 18.8 Å². The zero-order valence-electron chi connectivity index (χ0n) is 13.5. The van der Waals surface area contributed by atoms with Crippen LogP contribution in [0.4, 0.5) is 0 Å². The quantitative estimate of drug-likeness (QED) is 0.848. The Balaban J connectivity index is 1.63. The van der Waals surface area contributed by atoms with Gasteiger partial charge in [-0.05, 0) is 37.4 Å². The monoisotopic (exact) mass is 329 g/mol. The van der Waals surface area contributed by atoms with Gasteiger partial charge in [-0.3, -0.25) is 10.00 Å². The maximum absolute atomic E-state index is 8.77. The minimum Gasteiger partial charge on any atom is -0.384 e. The molecule has 2 aromatic heterocycles. The average Bonchev–Trinajstić information content (AvgIpc) is 3.22. The van der Waals surface area contributed by atoms with E-state index >= 15 is 0 Å². The van der Waals surface area contributed by atoms with Gasteiger partial charge in [-0.15, -0.1) is 11.3 Å². The highest BCUT2D eigenvalue weighted by Crippen LogP contribution is 2.29. The summed E-state index contributed by atoms with van der Waals surface area (Å²) in [5.41, 5.74) is 3.70. The van der Waals surface area contributed by atoms with E-state index in [9.17, 15) is 0 Å². The predicted octanol–water partition coefficient (Wildman–Crippen LogP) is 2.76. The Morgan fingerprint density at radius 2 is 2.43 bits per heavy atom. The first-order valence-electron chi connectivity index (χ1n) is 8.21. The molecule has 0 bridgehead atoms. The minimum absolute atomic E-state index is 0.0804. The third-order valence-corrected chi connectivity index (χ3v) is 5.31. The normalized spacial score (nSPS) is 18.6. The third-order valence-electron chi connectivity index (χ3n) is 4.39. The van der Waals surface area contributed by atoms with Crippen LogP contribution in [0.1, 0.15) is 47.4 Å². The lowest BCUT2D eigenvalue weighted by Crippen LogP contribution is -2.34. The molecule has 1 fully saturated rings. The first kappa shape index (κ1) is 16.3. The number of aromatic nitrogens is 2. The van der Waals surface area contributed by atoms with Crippen molar-refractivity contribution in [1.82, 2.24) is 15.1 Å². The molecular weight excluding hydrogens is 306 g/mol. The zero-order valence-corrected chi connectivity index (χ0v) is 14.3. The number of aliphatic hydroxyl groups is 1. The lowest BCUT2D eigenvalue weighted by Gasteiger charge is -2.32. The van der Waals surface area contributed by atoms with Crippen LogP contribution in [-0.2, 0) is 13.0 Å². The van der Waals surface area contributed by atoms with Crippen LogP contribution in [0.25, 0.3) is 0 Å². The fourth-order valence-corrected chi connectivity index (χ4v) is 4.14. The summed E-state index contributed by atoms with van der Waals surface area (Å²) in [6.07, 6.45) is 5.48. The molecule has 122 valence electrons. The number of rotatable bonds is 4. The third kappa shape index (κ3) is 4.03. The molecule has 1 aliphatic rings. The van der Waals surface area contributed by atoms with Crippen molar-refractivity contribution in [2.24, 2.45) is 0 Å². The van der Waals surface area contributed by atoms with Crippen molar-refractivity contribution in [2.75, 3.05) is 19.7 Å². The van der Waals surface area contributed by atoms with Gasteiger partial charge in [0, 0.05) is 40.5 Å². The Morgan fingerprint density at radius 3 is 3.26 bits per heavy atom. The average molecular weight is 329 g/mol. The fraction of sp³-hybridized carbons (Fsp3) is 0.500. The molecule has 2 aromatic rings. The number of thiophene rings is 1. The molecule has 0 aliphatic carbocycles. The Kier molecular flexibility index (Phi) is 5.50. The van der Waals surface area contributed by atoms with E-state index < -0.39 is 0 Å². The largest absolute Gasteiger partial charge is 0.384 e. The summed E-state index contributed by atoms with van der Waals surface area (Å²) in [5, 5.41) is 18.3. The molecule has 1 aliphatic heterocycles. The standard InChI is InChI=1S/C18H23N3OS/c1-2-15-10-19-20-18(15)16-6-3-7-21(11-16)12-17-9-14(13-23-17)5-4-8-22/h9-10,13,16,22H,2-3,6-8,11-12H2,1H3,(H,19,20)/t16-/m0/s1. The molecule has 2 N–H and O–H groups in total. The summed E-state index contributed by atoms with van der Waals surface area (Å²) in [4.78, 5) is 3.87. The van der Waals surface area contributed by atoms with Crippen LogP contribution in [0.15, 0.2) is 17.6 Å². The first-order valence-corrected chi connectivity index (χ1v) is 9.09. The number of aliphatic hydroxyl groups excluding tert-OH is 1. The smallest absolute Gasteiger partial charge is 0.104 e. The van der Waals surface area contributed by atoms with Crippen LogP contribution in [0, 0.1) is 11.8 Å². The number of aromatic amines is 1. The van der Waals surface area contributed by atoms with Gasteiger partial charge in [-0.2, -0.15) is 5.10 Å². The van der Waals surface area contributed by atoms with Crippen molar-refractivity contribution in [3.8, 4) is 11.8 Å². The number of nitrogens with one attached hydrogen (secondary N) is 1. The summed E-state index contributed by atoms with van der Waals surface area (Å²) in [6.45, 7) is 5.34. The Morgan fingerprint density at radius 1 is 1.52 bits per heavy atom. The van der Waals surface area contributed by atoms with Gasteiger partial charge in [-0.25, -0.2) is 0 Å². The fourth-order valence-electron chi connectivity index (χ4n) is 3.28. The molecule has 23 heavy (non-hydrogen) atoms. The number of aryl methyl sites for hydroxylation is 1. The molecule has 0 radical (unpaired) electrons. The highest BCUT2D eigenvalue weighted by atomic mass is 32.1. The lowest BCUT2D eigenvalue weighted by molar-refractivity contribution is 0.199. The summed E-state index contributed by atoms with van der Waals surface area (Å²) in [6, 6.07) is 2.14. The Labute approximate surface area is 141 Å². The number of hydrogen-bond acceptors (Lipinski definition) is 4. The SMILES string of the molecule is CCc1cn[nH]c1[C@H]1CCCN(Cc2cc(C#CCO)cs2)C1. The van der Waals surface area contributed by atoms with Crippen molar-refractivity contribution in [3.05, 3.63) is 39.3 Å². The van der Waals surface area contributed by atoms with Crippen LogP contribution in [0.5, 0.6) is 0 Å². The van der Waals surface area contributed by atoms with E-state index in [1.165, 1.54) is 29.0 Å². The Hall–Kier alpha value is -1.61. The molecule has 0 amide bonds. The molecule has 3 heterocycles. The van der Waals surface area contributed by atoms with Gasteiger partial charge in [0.1, 0.15) is 6.61 Å². The maximum Gasteiger partial charge on any atom is 0.104 e. The molecule has 0 saturated carbocycles. The van der Waals surface area contributed by atoms with Crippen LogP contribution in [0.2, 0.25) is 0 Å². The second-order valence-electron chi connectivity index (χ2n) is 6.00. The van der Waals surface area contributed by atoms with Gasteiger partial charge in [0.15, 0.2) is 0 Å². The molecule has 1 saturated heterocycles. The summed E-state index contributed by atoms with van der Waals surface area (Å²) >= 11 is 1.75. The number of likely N-dealkylation sites (tertiary alicyclic amines) is 1. The summed E-state index contributed by atoms with van der Waals surface area (Å²) < 4.78 is 0. The van der Waals surface area contributed by atoms with E-state index in [2.05, 4.69) is 45.3 Å². The minimum atomic E-state index is -0.0804. The zero-order chi connectivity index (χ0) is 16.1. The van der Waals surface area contributed by atoms with Crippen molar-refractivity contribution in [2.45, 2.75) is 38.6 Å². The predicted molar refractivity (Wildman–Crippen MR) is 93.5 cm³/mol. The summed E-state index contributed by atoms with van der Waals surface area (Å²) in [7, 11) is 0. The van der Waals surface area contributed by atoms with Crippen LogP contribution < -0.4 is 0 Å². The van der Waals surface area contributed by atoms with E-state index in [1.807, 2.05) is 6.20 Å². The number of H-pyrrole nitrogens is 1. The van der Waals surface area contributed by atoms with Gasteiger partial charge >= 0.3 is 0 Å². The first-order chi connectivity index (χ1) is 11.3. The van der Waals surface area contributed by atoms with Crippen LogP contribution in [-0.4, -0.2) is 39.9 Å². The topological polar surface area (TPSA) is 52.2 Å². The van der Waals surface area contributed by atoms with E-state index in [1.54, 1.807) is 11.3 Å². The molecular formula is C18H23N3OS. The van der Waals surface area contributed by atoms with Gasteiger partial charge in [0.2, 0.25) is 0 Å². The van der Waals surface area contributed by atoms with Gasteiger partial charge in [0.05, 0.1) is 6.20 Å². The maximum atomic E-state index is 8.77. The molecule has 0 spiro atoms. The second-order valence-corrected chi connectivity index (χ2v) is 6.99. The molecule has 4 nitrogen and oxygen atoms in total. The molecule has 0 aromatic carbocycles. The van der Waals surface area contributed by atoms with Crippen LogP contribution in [0.3, 0.4) is 0 Å². The van der Waals surface area contributed by atoms with Crippen molar-refractivity contribution < 1.29 is 5.11 Å². The molecule has 5 heteroatoms. The number of nitrogens with zero attached hydrogens (tertiary/aromatic N) is 2. The van der Waals surface area contributed by atoms with Crippen molar-refractivity contribution >= 4 is 11.3 Å². The molecule has 0 unspecified atom stereocenters.